The van der Waals surface area contributed by atoms with Crippen molar-refractivity contribution in [2.24, 2.45) is 0 Å². The second kappa shape index (κ2) is 7.08. The van der Waals surface area contributed by atoms with Crippen LogP contribution in [0.2, 0.25) is 0 Å². The summed E-state index contributed by atoms with van der Waals surface area (Å²) in [6, 6.07) is 9.28. The highest BCUT2D eigenvalue weighted by Gasteiger charge is 2.14. The van der Waals surface area contributed by atoms with Gasteiger partial charge in [0.2, 0.25) is 0 Å². The standard InChI is InChI=1S/C17H13F2N3O3/c18-11-3-6-16(13(19)10-11)25-9-8-20-14-4-5-15(22(23)24)12-2-1-7-21-17(12)14/h1-7,10,20H,8-9H2. The second-order valence-corrected chi connectivity index (χ2v) is 5.14. The van der Waals surface area contributed by atoms with Crippen LogP contribution in [0.1, 0.15) is 0 Å². The molecule has 0 atom stereocenters. The molecule has 2 aromatic carbocycles. The first-order valence-corrected chi connectivity index (χ1v) is 7.40. The lowest BCUT2D eigenvalue weighted by Gasteiger charge is -2.11. The van der Waals surface area contributed by atoms with Gasteiger partial charge in [-0.05, 0) is 30.3 Å². The van der Waals surface area contributed by atoms with Gasteiger partial charge in [0.15, 0.2) is 11.6 Å². The van der Waals surface area contributed by atoms with Crippen LogP contribution in [0, 0.1) is 21.7 Å². The lowest BCUT2D eigenvalue weighted by atomic mass is 10.1. The molecule has 0 radical (unpaired) electrons. The summed E-state index contributed by atoms with van der Waals surface area (Å²) in [4.78, 5) is 14.8. The Kier molecular flexibility index (Phi) is 4.69. The van der Waals surface area contributed by atoms with E-state index < -0.39 is 16.6 Å². The van der Waals surface area contributed by atoms with Crippen molar-refractivity contribution in [2.45, 2.75) is 0 Å². The molecule has 1 N–H and O–H groups in total. The number of hydrogen-bond acceptors (Lipinski definition) is 5. The lowest BCUT2D eigenvalue weighted by molar-refractivity contribution is -0.383. The van der Waals surface area contributed by atoms with Crippen LogP contribution in [0.3, 0.4) is 0 Å². The molecule has 1 heterocycles. The highest BCUT2D eigenvalue weighted by atomic mass is 19.1. The Labute approximate surface area is 141 Å². The fourth-order valence-electron chi connectivity index (χ4n) is 2.40. The maximum atomic E-state index is 13.5. The van der Waals surface area contributed by atoms with Crippen molar-refractivity contribution >= 4 is 22.3 Å². The number of rotatable bonds is 6. The van der Waals surface area contributed by atoms with Gasteiger partial charge in [-0.1, -0.05) is 0 Å². The summed E-state index contributed by atoms with van der Waals surface area (Å²) < 4.78 is 31.6. The molecular formula is C17H13F2N3O3. The fraction of sp³-hybridized carbons (Fsp3) is 0.118. The van der Waals surface area contributed by atoms with E-state index in [-0.39, 0.29) is 18.0 Å². The average molecular weight is 345 g/mol. The predicted octanol–water partition coefficient (Wildman–Crippen LogP) is 3.91. The van der Waals surface area contributed by atoms with E-state index in [9.17, 15) is 18.9 Å². The number of nitrogens with one attached hydrogen (secondary N) is 1. The van der Waals surface area contributed by atoms with Gasteiger partial charge in [-0.15, -0.1) is 0 Å². The quantitative estimate of drug-likeness (QED) is 0.416. The Morgan fingerprint density at radius 3 is 2.80 bits per heavy atom. The van der Waals surface area contributed by atoms with Gasteiger partial charge in [0.05, 0.1) is 16.0 Å². The number of non-ortho nitro benzene ring substituents is 1. The average Bonchev–Trinajstić information content (AvgIpc) is 2.59. The summed E-state index contributed by atoms with van der Waals surface area (Å²) in [6.45, 7) is 0.425. The minimum absolute atomic E-state index is 0.0294. The molecule has 0 unspecified atom stereocenters. The van der Waals surface area contributed by atoms with Gasteiger partial charge in [0.25, 0.3) is 5.69 Å². The Balaban J connectivity index is 1.69. The number of anilines is 1. The van der Waals surface area contributed by atoms with E-state index in [4.69, 9.17) is 4.74 Å². The van der Waals surface area contributed by atoms with Gasteiger partial charge < -0.3 is 10.1 Å². The molecular weight excluding hydrogens is 332 g/mol. The molecule has 6 nitrogen and oxygen atoms in total. The summed E-state index contributed by atoms with van der Waals surface area (Å²) >= 11 is 0. The minimum Gasteiger partial charge on any atom is -0.489 e. The monoisotopic (exact) mass is 345 g/mol. The Bertz CT molecular complexity index is 934. The number of nitrogens with zero attached hydrogens (tertiary/aromatic N) is 2. The molecule has 0 aliphatic rings. The zero-order chi connectivity index (χ0) is 17.8. The third-order valence-corrected chi connectivity index (χ3v) is 3.51. The molecule has 128 valence electrons. The van der Waals surface area contributed by atoms with Gasteiger partial charge in [-0.3, -0.25) is 15.1 Å². The molecule has 0 bridgehead atoms. The van der Waals surface area contributed by atoms with E-state index in [2.05, 4.69) is 10.3 Å². The zero-order valence-corrected chi connectivity index (χ0v) is 12.9. The molecule has 0 saturated carbocycles. The second-order valence-electron chi connectivity index (χ2n) is 5.14. The van der Waals surface area contributed by atoms with E-state index in [1.807, 2.05) is 0 Å². The Morgan fingerprint density at radius 2 is 2.04 bits per heavy atom. The number of hydrogen-bond donors (Lipinski definition) is 1. The summed E-state index contributed by atoms with van der Waals surface area (Å²) in [5.41, 5.74) is 1.03. The van der Waals surface area contributed by atoms with Gasteiger partial charge in [-0.2, -0.15) is 0 Å². The van der Waals surface area contributed by atoms with Crippen LogP contribution in [0.15, 0.2) is 48.7 Å². The van der Waals surface area contributed by atoms with Crippen LogP contribution < -0.4 is 10.1 Å². The molecule has 1 aromatic heterocycles. The summed E-state index contributed by atoms with van der Waals surface area (Å²) in [5.74, 6) is -1.50. The van der Waals surface area contributed by atoms with Crippen LogP contribution in [0.5, 0.6) is 5.75 Å². The molecule has 0 spiro atoms. The number of benzene rings is 2. The summed E-state index contributed by atoms with van der Waals surface area (Å²) in [7, 11) is 0. The highest BCUT2D eigenvalue weighted by Crippen LogP contribution is 2.29. The molecule has 0 aliphatic heterocycles. The highest BCUT2D eigenvalue weighted by molar-refractivity contribution is 5.96. The molecule has 0 aliphatic carbocycles. The number of fused-ring (bicyclic) bond motifs is 1. The molecule has 0 amide bonds. The summed E-state index contributed by atoms with van der Waals surface area (Å²) in [6.07, 6.45) is 1.54. The van der Waals surface area contributed by atoms with Crippen LogP contribution >= 0.6 is 0 Å². The van der Waals surface area contributed by atoms with Gasteiger partial charge in [0.1, 0.15) is 17.9 Å². The predicted molar refractivity (Wildman–Crippen MR) is 88.7 cm³/mol. The van der Waals surface area contributed by atoms with Crippen molar-refractivity contribution in [3.8, 4) is 5.75 Å². The van der Waals surface area contributed by atoms with Crippen molar-refractivity contribution in [2.75, 3.05) is 18.5 Å². The lowest BCUT2D eigenvalue weighted by Crippen LogP contribution is -2.12. The molecule has 0 fully saturated rings. The van der Waals surface area contributed by atoms with E-state index in [1.165, 1.54) is 12.1 Å². The van der Waals surface area contributed by atoms with E-state index in [0.717, 1.165) is 12.1 Å². The number of halogens is 2. The van der Waals surface area contributed by atoms with Crippen molar-refractivity contribution in [3.63, 3.8) is 0 Å². The van der Waals surface area contributed by atoms with Crippen molar-refractivity contribution in [1.29, 1.82) is 0 Å². The Morgan fingerprint density at radius 1 is 1.20 bits per heavy atom. The molecule has 3 rings (SSSR count). The third kappa shape index (κ3) is 3.63. The van der Waals surface area contributed by atoms with Gasteiger partial charge >= 0.3 is 0 Å². The van der Waals surface area contributed by atoms with E-state index in [0.29, 0.717) is 23.1 Å². The molecule has 25 heavy (non-hydrogen) atoms. The third-order valence-electron chi connectivity index (χ3n) is 3.51. The van der Waals surface area contributed by atoms with Crippen LogP contribution in [0.4, 0.5) is 20.2 Å². The number of ether oxygens (including phenoxy) is 1. The SMILES string of the molecule is O=[N+]([O-])c1ccc(NCCOc2ccc(F)cc2F)c2ncccc12. The van der Waals surface area contributed by atoms with E-state index in [1.54, 1.807) is 24.4 Å². The van der Waals surface area contributed by atoms with Crippen molar-refractivity contribution in [3.05, 3.63) is 70.4 Å². The van der Waals surface area contributed by atoms with Crippen molar-refractivity contribution < 1.29 is 18.4 Å². The maximum Gasteiger partial charge on any atom is 0.278 e. The van der Waals surface area contributed by atoms with E-state index >= 15 is 0 Å². The van der Waals surface area contributed by atoms with Crippen LogP contribution in [-0.4, -0.2) is 23.1 Å². The summed E-state index contributed by atoms with van der Waals surface area (Å²) in [5, 5.41) is 14.5. The van der Waals surface area contributed by atoms with Crippen molar-refractivity contribution in [1.82, 2.24) is 4.98 Å². The normalized spacial score (nSPS) is 10.6. The molecule has 3 aromatic rings. The van der Waals surface area contributed by atoms with Gasteiger partial charge in [-0.25, -0.2) is 8.78 Å². The zero-order valence-electron chi connectivity index (χ0n) is 12.9. The molecule has 0 saturated heterocycles. The maximum absolute atomic E-state index is 13.5. The number of pyridine rings is 1. The number of aromatic nitrogens is 1. The minimum atomic E-state index is -0.776. The topological polar surface area (TPSA) is 77.3 Å². The van der Waals surface area contributed by atoms with Crippen LogP contribution in [-0.2, 0) is 0 Å². The van der Waals surface area contributed by atoms with Crippen LogP contribution in [0.25, 0.3) is 10.9 Å². The fourth-order valence-corrected chi connectivity index (χ4v) is 2.40. The van der Waals surface area contributed by atoms with Gasteiger partial charge in [0, 0.05) is 24.9 Å². The smallest absolute Gasteiger partial charge is 0.278 e. The Hall–Kier alpha value is -3.29. The first-order valence-electron chi connectivity index (χ1n) is 7.40. The number of nitro groups is 1. The molecule has 8 heteroatoms. The largest absolute Gasteiger partial charge is 0.489 e. The number of nitro benzene ring substituents is 1. The first kappa shape index (κ1) is 16.6. The first-order chi connectivity index (χ1) is 12.1.